The molecule has 0 aromatic rings. The van der Waals surface area contributed by atoms with E-state index in [1.54, 1.807) is 0 Å². The van der Waals surface area contributed by atoms with Crippen molar-refractivity contribution < 1.29 is 4.74 Å². The average Bonchev–Trinajstić information content (AvgIpc) is 2.60. The third kappa shape index (κ3) is 1.66. The lowest BCUT2D eigenvalue weighted by atomic mass is 9.89. The average molecular weight is 168 g/mol. The molecular formula is C11H20O. The molecule has 0 aromatic heterocycles. The molecule has 1 heteroatoms. The molecule has 0 spiro atoms. The van der Waals surface area contributed by atoms with Crippen molar-refractivity contribution in [2.75, 3.05) is 6.61 Å². The third-order valence-electron chi connectivity index (χ3n) is 3.53. The molecule has 0 heterocycles. The van der Waals surface area contributed by atoms with E-state index in [1.165, 1.54) is 25.7 Å². The third-order valence-corrected chi connectivity index (χ3v) is 3.53. The van der Waals surface area contributed by atoms with E-state index in [0.29, 0.717) is 6.10 Å². The molecular weight excluding hydrogens is 148 g/mol. The molecule has 2 aliphatic carbocycles. The van der Waals surface area contributed by atoms with Crippen LogP contribution >= 0.6 is 0 Å². The molecule has 2 bridgehead atoms. The monoisotopic (exact) mass is 168 g/mol. The van der Waals surface area contributed by atoms with Crippen molar-refractivity contribution in [3.05, 3.63) is 0 Å². The van der Waals surface area contributed by atoms with Gasteiger partial charge in [0.25, 0.3) is 0 Å². The number of ether oxygens (including phenoxy) is 1. The highest BCUT2D eigenvalue weighted by molar-refractivity contribution is 4.89. The number of rotatable bonds is 3. The quantitative estimate of drug-likeness (QED) is 0.629. The molecule has 3 atom stereocenters. The Balaban J connectivity index is 1.76. The Bertz CT molecular complexity index is 153. The molecule has 0 N–H and O–H groups in total. The van der Waals surface area contributed by atoms with Gasteiger partial charge in [-0.3, -0.25) is 0 Å². The van der Waals surface area contributed by atoms with Crippen LogP contribution in [0.4, 0.5) is 0 Å². The van der Waals surface area contributed by atoms with E-state index >= 15 is 0 Å². The second-order valence-electron chi connectivity index (χ2n) is 4.82. The van der Waals surface area contributed by atoms with Gasteiger partial charge in [-0.05, 0) is 50.9 Å². The first-order valence-corrected chi connectivity index (χ1v) is 5.37. The van der Waals surface area contributed by atoms with Crippen molar-refractivity contribution in [1.82, 2.24) is 0 Å². The van der Waals surface area contributed by atoms with Gasteiger partial charge < -0.3 is 4.74 Å². The highest BCUT2D eigenvalue weighted by Gasteiger charge is 2.39. The van der Waals surface area contributed by atoms with E-state index in [9.17, 15) is 0 Å². The molecule has 0 radical (unpaired) electrons. The minimum absolute atomic E-state index is 0.420. The molecule has 2 fully saturated rings. The minimum Gasteiger partial charge on any atom is -0.378 e. The second kappa shape index (κ2) is 3.37. The molecule has 70 valence electrons. The highest BCUT2D eigenvalue weighted by Crippen LogP contribution is 2.48. The second-order valence-corrected chi connectivity index (χ2v) is 4.82. The van der Waals surface area contributed by atoms with Crippen LogP contribution in [0.2, 0.25) is 0 Å². The van der Waals surface area contributed by atoms with Crippen LogP contribution in [-0.4, -0.2) is 12.7 Å². The Morgan fingerprint density at radius 3 is 2.58 bits per heavy atom. The first-order chi connectivity index (χ1) is 5.75. The zero-order valence-corrected chi connectivity index (χ0v) is 8.25. The summed E-state index contributed by atoms with van der Waals surface area (Å²) >= 11 is 0. The lowest BCUT2D eigenvalue weighted by Crippen LogP contribution is -2.19. The van der Waals surface area contributed by atoms with Gasteiger partial charge in [0.1, 0.15) is 0 Å². The first-order valence-electron chi connectivity index (χ1n) is 5.37. The molecule has 0 aliphatic heterocycles. The minimum atomic E-state index is 0.420. The standard InChI is InChI=1S/C11H20O/c1-8(2)12-7-11-6-9-3-4-10(11)5-9/h8-11H,3-7H2,1-2H3/t9-,10+,11-/m1/s1. The van der Waals surface area contributed by atoms with Crippen LogP contribution in [-0.2, 0) is 4.74 Å². The SMILES string of the molecule is CC(C)OC[C@H]1C[C@@H]2CC[C@H]1C2. The highest BCUT2D eigenvalue weighted by atomic mass is 16.5. The fourth-order valence-electron chi connectivity index (χ4n) is 2.90. The Morgan fingerprint density at radius 1 is 1.25 bits per heavy atom. The van der Waals surface area contributed by atoms with Gasteiger partial charge in [0.15, 0.2) is 0 Å². The van der Waals surface area contributed by atoms with Gasteiger partial charge in [-0.25, -0.2) is 0 Å². The van der Waals surface area contributed by atoms with Crippen molar-refractivity contribution >= 4 is 0 Å². The van der Waals surface area contributed by atoms with Crippen LogP contribution in [0.3, 0.4) is 0 Å². The molecule has 1 nitrogen and oxygen atoms in total. The summed E-state index contributed by atoms with van der Waals surface area (Å²) in [5.41, 5.74) is 0. The summed E-state index contributed by atoms with van der Waals surface area (Å²) in [7, 11) is 0. The van der Waals surface area contributed by atoms with Crippen LogP contribution < -0.4 is 0 Å². The van der Waals surface area contributed by atoms with E-state index in [0.717, 1.165) is 24.4 Å². The van der Waals surface area contributed by atoms with Crippen molar-refractivity contribution in [3.63, 3.8) is 0 Å². The molecule has 0 aromatic carbocycles. The zero-order chi connectivity index (χ0) is 8.55. The number of hydrogen-bond donors (Lipinski definition) is 0. The molecule has 2 rings (SSSR count). The molecule has 0 saturated heterocycles. The van der Waals surface area contributed by atoms with Gasteiger partial charge in [-0.15, -0.1) is 0 Å². The summed E-state index contributed by atoms with van der Waals surface area (Å²) in [6.07, 6.45) is 6.37. The first kappa shape index (κ1) is 8.55. The largest absolute Gasteiger partial charge is 0.378 e. The zero-order valence-electron chi connectivity index (χ0n) is 8.25. The lowest BCUT2D eigenvalue weighted by molar-refractivity contribution is 0.0363. The Labute approximate surface area is 75.5 Å². The summed E-state index contributed by atoms with van der Waals surface area (Å²) in [5, 5.41) is 0. The predicted molar refractivity (Wildman–Crippen MR) is 50.0 cm³/mol. The van der Waals surface area contributed by atoms with Crippen LogP contribution in [0, 0.1) is 17.8 Å². The van der Waals surface area contributed by atoms with E-state index in [2.05, 4.69) is 13.8 Å². The van der Waals surface area contributed by atoms with E-state index in [4.69, 9.17) is 4.74 Å². The van der Waals surface area contributed by atoms with Gasteiger partial charge >= 0.3 is 0 Å². The normalized spacial score (nSPS) is 39.8. The fourth-order valence-corrected chi connectivity index (χ4v) is 2.90. The van der Waals surface area contributed by atoms with Crippen LogP contribution in [0.15, 0.2) is 0 Å². The van der Waals surface area contributed by atoms with Crippen molar-refractivity contribution in [2.45, 2.75) is 45.6 Å². The van der Waals surface area contributed by atoms with Gasteiger partial charge in [0, 0.05) is 0 Å². The smallest absolute Gasteiger partial charge is 0.0519 e. The number of hydrogen-bond acceptors (Lipinski definition) is 1. The Hall–Kier alpha value is -0.0400. The lowest BCUT2D eigenvalue weighted by Gasteiger charge is -2.22. The van der Waals surface area contributed by atoms with Crippen molar-refractivity contribution in [1.29, 1.82) is 0 Å². The maximum absolute atomic E-state index is 5.68. The summed E-state index contributed by atoms with van der Waals surface area (Å²) in [6, 6.07) is 0. The molecule has 0 unspecified atom stereocenters. The summed E-state index contributed by atoms with van der Waals surface area (Å²) < 4.78 is 5.68. The topological polar surface area (TPSA) is 9.23 Å². The van der Waals surface area contributed by atoms with Gasteiger partial charge in [-0.2, -0.15) is 0 Å². The summed E-state index contributed by atoms with van der Waals surface area (Å²) in [5.74, 6) is 3.00. The van der Waals surface area contributed by atoms with Crippen molar-refractivity contribution in [3.8, 4) is 0 Å². The Morgan fingerprint density at radius 2 is 2.08 bits per heavy atom. The number of fused-ring (bicyclic) bond motifs is 2. The molecule has 2 saturated carbocycles. The van der Waals surface area contributed by atoms with Gasteiger partial charge in [0.05, 0.1) is 12.7 Å². The fraction of sp³-hybridized carbons (Fsp3) is 1.00. The van der Waals surface area contributed by atoms with E-state index in [1.807, 2.05) is 0 Å². The Kier molecular flexibility index (Phi) is 2.40. The predicted octanol–water partition coefficient (Wildman–Crippen LogP) is 2.85. The van der Waals surface area contributed by atoms with Crippen LogP contribution in [0.25, 0.3) is 0 Å². The maximum atomic E-state index is 5.68. The van der Waals surface area contributed by atoms with Crippen LogP contribution in [0.1, 0.15) is 39.5 Å². The van der Waals surface area contributed by atoms with Gasteiger partial charge in [-0.1, -0.05) is 6.42 Å². The summed E-state index contributed by atoms with van der Waals surface area (Å²) in [6.45, 7) is 5.29. The molecule has 12 heavy (non-hydrogen) atoms. The van der Waals surface area contributed by atoms with Crippen LogP contribution in [0.5, 0.6) is 0 Å². The summed E-state index contributed by atoms with van der Waals surface area (Å²) in [4.78, 5) is 0. The molecule has 2 aliphatic rings. The van der Waals surface area contributed by atoms with Gasteiger partial charge in [0.2, 0.25) is 0 Å². The van der Waals surface area contributed by atoms with E-state index in [-0.39, 0.29) is 0 Å². The van der Waals surface area contributed by atoms with Crippen molar-refractivity contribution in [2.24, 2.45) is 17.8 Å². The maximum Gasteiger partial charge on any atom is 0.0519 e. The molecule has 0 amide bonds. The van der Waals surface area contributed by atoms with E-state index < -0.39 is 0 Å².